The second-order valence-corrected chi connectivity index (χ2v) is 6.60. The van der Waals surface area contributed by atoms with Gasteiger partial charge in [0.1, 0.15) is 11.8 Å². The van der Waals surface area contributed by atoms with Crippen molar-refractivity contribution in [3.8, 4) is 11.8 Å². The summed E-state index contributed by atoms with van der Waals surface area (Å²) in [7, 11) is -2.47. The normalized spacial score (nSPS) is 11.9. The largest absolute Gasteiger partial charge is 0.497 e. The van der Waals surface area contributed by atoms with Crippen molar-refractivity contribution in [2.75, 3.05) is 20.3 Å². The average molecular weight is 369 g/mol. The van der Waals surface area contributed by atoms with E-state index in [0.717, 1.165) is 0 Å². The number of nitrogens with one attached hydrogen (secondary N) is 2. The van der Waals surface area contributed by atoms with E-state index in [2.05, 4.69) is 10.0 Å². The summed E-state index contributed by atoms with van der Waals surface area (Å²) in [6, 6.07) is 6.29. The van der Waals surface area contributed by atoms with Gasteiger partial charge in [-0.05, 0) is 31.2 Å². The molecule has 1 amide bonds. The van der Waals surface area contributed by atoms with Crippen LogP contribution in [0.5, 0.6) is 5.75 Å². The van der Waals surface area contributed by atoms with E-state index in [0.29, 0.717) is 5.75 Å². The van der Waals surface area contributed by atoms with Crippen LogP contribution in [0.25, 0.3) is 0 Å². The maximum Gasteiger partial charge on any atom is 0.324 e. The Morgan fingerprint density at radius 1 is 1.28 bits per heavy atom. The van der Waals surface area contributed by atoms with E-state index in [1.54, 1.807) is 0 Å². The third kappa shape index (κ3) is 6.78. The van der Waals surface area contributed by atoms with Gasteiger partial charge in [0.25, 0.3) is 5.91 Å². The third-order valence-corrected chi connectivity index (χ3v) is 4.52. The Kier molecular flexibility index (Phi) is 7.84. The molecule has 10 heteroatoms. The summed E-state index contributed by atoms with van der Waals surface area (Å²) in [4.78, 5) is 23.1. The second-order valence-electron chi connectivity index (χ2n) is 4.88. The first-order valence-corrected chi connectivity index (χ1v) is 8.75. The minimum Gasteiger partial charge on any atom is -0.497 e. The van der Waals surface area contributed by atoms with Crippen LogP contribution in [0.3, 0.4) is 0 Å². The molecule has 1 aromatic rings. The molecule has 1 atom stereocenters. The Morgan fingerprint density at radius 2 is 1.92 bits per heavy atom. The molecular weight excluding hydrogens is 350 g/mol. The number of benzene rings is 1. The van der Waals surface area contributed by atoms with Gasteiger partial charge in [0.15, 0.2) is 6.61 Å². The lowest BCUT2D eigenvalue weighted by atomic mass is 10.3. The lowest BCUT2D eigenvalue weighted by Crippen LogP contribution is -2.41. The van der Waals surface area contributed by atoms with Gasteiger partial charge < -0.3 is 14.8 Å². The number of hydrogen-bond acceptors (Lipinski definition) is 7. The van der Waals surface area contributed by atoms with E-state index in [9.17, 15) is 18.0 Å². The first kappa shape index (κ1) is 20.4. The number of carbonyl (C=O) groups is 2. The highest BCUT2D eigenvalue weighted by atomic mass is 32.2. The topological polar surface area (TPSA) is 135 Å². The molecule has 0 heterocycles. The first-order chi connectivity index (χ1) is 11.8. The van der Waals surface area contributed by atoms with Crippen molar-refractivity contribution in [2.45, 2.75) is 24.3 Å². The number of methoxy groups -OCH3 is 1. The van der Waals surface area contributed by atoms with E-state index in [1.165, 1.54) is 38.3 Å². The van der Waals surface area contributed by atoms with E-state index >= 15 is 0 Å². The fourth-order valence-corrected chi connectivity index (χ4v) is 2.87. The molecule has 0 bridgehead atoms. The zero-order valence-electron chi connectivity index (χ0n) is 13.8. The number of sulfonamides is 1. The van der Waals surface area contributed by atoms with Crippen molar-refractivity contribution in [3.05, 3.63) is 24.3 Å². The van der Waals surface area contributed by atoms with Crippen LogP contribution in [-0.2, 0) is 24.3 Å². The summed E-state index contributed by atoms with van der Waals surface area (Å²) >= 11 is 0. The fraction of sp³-hybridized carbons (Fsp3) is 0.400. The molecule has 0 saturated carbocycles. The maximum atomic E-state index is 12.2. The minimum absolute atomic E-state index is 0.0396. The molecule has 2 N–H and O–H groups in total. The van der Waals surface area contributed by atoms with Crippen LogP contribution >= 0.6 is 0 Å². The van der Waals surface area contributed by atoms with Gasteiger partial charge >= 0.3 is 5.97 Å². The quantitative estimate of drug-likeness (QED) is 0.460. The smallest absolute Gasteiger partial charge is 0.324 e. The predicted molar refractivity (Wildman–Crippen MR) is 87.0 cm³/mol. The predicted octanol–water partition coefficient (Wildman–Crippen LogP) is -0.0649. The molecule has 1 aromatic carbocycles. The van der Waals surface area contributed by atoms with Crippen molar-refractivity contribution in [3.63, 3.8) is 0 Å². The highest BCUT2D eigenvalue weighted by Gasteiger charge is 2.23. The number of hydrogen-bond donors (Lipinski definition) is 2. The molecule has 1 rings (SSSR count). The molecule has 0 aliphatic heterocycles. The van der Waals surface area contributed by atoms with E-state index in [4.69, 9.17) is 14.7 Å². The Bertz CT molecular complexity index is 740. The molecule has 0 radical (unpaired) electrons. The summed E-state index contributed by atoms with van der Waals surface area (Å²) in [6.07, 6.45) is 0.137. The fourth-order valence-electron chi connectivity index (χ4n) is 1.67. The van der Waals surface area contributed by atoms with Gasteiger partial charge in [0.2, 0.25) is 10.0 Å². The molecule has 9 nitrogen and oxygen atoms in total. The number of ether oxygens (including phenoxy) is 2. The van der Waals surface area contributed by atoms with Crippen LogP contribution in [0, 0.1) is 11.3 Å². The Hall–Kier alpha value is -2.64. The number of amides is 1. The number of rotatable bonds is 9. The molecule has 25 heavy (non-hydrogen) atoms. The maximum absolute atomic E-state index is 12.2. The molecule has 0 fully saturated rings. The summed E-state index contributed by atoms with van der Waals surface area (Å²) in [5, 5.41) is 10.7. The highest BCUT2D eigenvalue weighted by molar-refractivity contribution is 7.89. The zero-order chi connectivity index (χ0) is 18.9. The monoisotopic (exact) mass is 369 g/mol. The SMILES string of the molecule is COc1ccc(S(=O)(=O)N[C@@H](C)C(=O)OCC(=O)NCCC#N)cc1. The van der Waals surface area contributed by atoms with Crippen LogP contribution in [0.1, 0.15) is 13.3 Å². The summed E-state index contributed by atoms with van der Waals surface area (Å²) in [5.74, 6) is -0.977. The molecule has 0 aromatic heterocycles. The molecule has 0 saturated heterocycles. The van der Waals surface area contributed by atoms with Crippen LogP contribution in [-0.4, -0.2) is 46.6 Å². The number of nitrogens with zero attached hydrogens (tertiary/aromatic N) is 1. The van der Waals surface area contributed by atoms with Gasteiger partial charge in [-0.25, -0.2) is 8.42 Å². The van der Waals surface area contributed by atoms with Gasteiger partial charge in [0, 0.05) is 6.54 Å². The Balaban J connectivity index is 2.55. The second kappa shape index (κ2) is 9.61. The summed E-state index contributed by atoms with van der Waals surface area (Å²) in [6.45, 7) is 0.891. The van der Waals surface area contributed by atoms with Crippen molar-refractivity contribution in [1.82, 2.24) is 10.0 Å². The van der Waals surface area contributed by atoms with Crippen molar-refractivity contribution in [2.24, 2.45) is 0 Å². The highest BCUT2D eigenvalue weighted by Crippen LogP contribution is 2.15. The minimum atomic E-state index is -3.93. The molecule has 136 valence electrons. The van der Waals surface area contributed by atoms with Gasteiger partial charge in [-0.3, -0.25) is 9.59 Å². The molecule has 0 unspecified atom stereocenters. The van der Waals surface area contributed by atoms with Crippen LogP contribution in [0.4, 0.5) is 0 Å². The lowest BCUT2D eigenvalue weighted by Gasteiger charge is -2.14. The molecule has 0 aliphatic carbocycles. The zero-order valence-corrected chi connectivity index (χ0v) is 14.6. The van der Waals surface area contributed by atoms with Gasteiger partial charge in [0.05, 0.1) is 24.5 Å². The number of esters is 1. The molecular formula is C15H19N3O6S. The standard InChI is InChI=1S/C15H19N3O6S/c1-11(15(20)24-10-14(19)17-9-3-8-16)18-25(21,22)13-6-4-12(23-2)5-7-13/h4-7,11,18H,3,9-10H2,1-2H3,(H,17,19)/t11-/m0/s1. The van der Waals surface area contributed by atoms with Crippen molar-refractivity contribution >= 4 is 21.9 Å². The van der Waals surface area contributed by atoms with Crippen molar-refractivity contribution < 1.29 is 27.5 Å². The summed E-state index contributed by atoms with van der Waals surface area (Å²) < 4.78 is 36.2. The lowest BCUT2D eigenvalue weighted by molar-refractivity contribution is -0.149. The molecule has 0 spiro atoms. The van der Waals surface area contributed by atoms with E-state index in [-0.39, 0.29) is 17.9 Å². The summed E-state index contributed by atoms with van der Waals surface area (Å²) in [5.41, 5.74) is 0. The van der Waals surface area contributed by atoms with Gasteiger partial charge in [-0.1, -0.05) is 0 Å². The number of nitriles is 1. The van der Waals surface area contributed by atoms with Gasteiger partial charge in [-0.15, -0.1) is 0 Å². The van der Waals surface area contributed by atoms with Crippen LogP contribution in [0.2, 0.25) is 0 Å². The van der Waals surface area contributed by atoms with E-state index < -0.39 is 34.5 Å². The van der Waals surface area contributed by atoms with Gasteiger partial charge in [-0.2, -0.15) is 9.98 Å². The molecule has 0 aliphatic rings. The van der Waals surface area contributed by atoms with Crippen molar-refractivity contribution in [1.29, 1.82) is 5.26 Å². The average Bonchev–Trinajstić information content (AvgIpc) is 2.59. The van der Waals surface area contributed by atoms with E-state index in [1.807, 2.05) is 6.07 Å². The Morgan fingerprint density at radius 3 is 2.48 bits per heavy atom. The number of carbonyl (C=O) groups excluding carboxylic acids is 2. The van der Waals surface area contributed by atoms with Crippen LogP contribution < -0.4 is 14.8 Å². The first-order valence-electron chi connectivity index (χ1n) is 7.27. The Labute approximate surface area is 146 Å². The van der Waals surface area contributed by atoms with Crippen LogP contribution in [0.15, 0.2) is 29.2 Å². The third-order valence-electron chi connectivity index (χ3n) is 2.96.